The Kier molecular flexibility index (Phi) is 10.3. The molecule has 0 spiro atoms. The minimum Gasteiger partial charge on any atom is -0.493 e. The highest BCUT2D eigenvalue weighted by atomic mass is 32.2. The van der Waals surface area contributed by atoms with Gasteiger partial charge in [0.15, 0.2) is 23.1 Å². The van der Waals surface area contributed by atoms with E-state index in [0.29, 0.717) is 11.4 Å². The summed E-state index contributed by atoms with van der Waals surface area (Å²) < 4.78 is 52.8. The number of nitrogens with zero attached hydrogens (tertiary/aromatic N) is 5. The first-order valence-electron chi connectivity index (χ1n) is 14.6. The number of amides is 1. The molecule has 2 aromatic carbocycles. The summed E-state index contributed by atoms with van der Waals surface area (Å²) in [7, 11) is -2.75. The monoisotopic (exact) mass is 671 g/mol. The van der Waals surface area contributed by atoms with E-state index in [1.165, 1.54) is 44.0 Å². The summed E-state index contributed by atoms with van der Waals surface area (Å²) in [5, 5.41) is 2.58. The van der Waals surface area contributed by atoms with Crippen molar-refractivity contribution in [3.63, 3.8) is 0 Å². The number of hydrogen-bond acceptors (Lipinski definition) is 12. The van der Waals surface area contributed by atoms with Crippen LogP contribution in [0, 0.1) is 0 Å². The number of nitrogens with one attached hydrogen (secondary N) is 2. The number of hydrogen-bond donors (Lipinski definition) is 2. The quantitative estimate of drug-likeness (QED) is 0.151. The van der Waals surface area contributed by atoms with E-state index in [1.807, 2.05) is 20.8 Å². The highest BCUT2D eigenvalue weighted by Crippen LogP contribution is 2.41. The highest BCUT2D eigenvalue weighted by molar-refractivity contribution is 7.92. The zero-order chi connectivity index (χ0) is 34.1. The number of rotatable bonds is 12. The summed E-state index contributed by atoms with van der Waals surface area (Å²) in [5.41, 5.74) is 1.27. The fourth-order valence-electron chi connectivity index (χ4n) is 4.20. The van der Waals surface area contributed by atoms with E-state index in [4.69, 9.17) is 18.9 Å². The average molecular weight is 672 g/mol. The lowest BCUT2D eigenvalue weighted by Crippen LogP contribution is -2.19. The van der Waals surface area contributed by atoms with Gasteiger partial charge in [-0.2, -0.15) is 4.98 Å². The van der Waals surface area contributed by atoms with Gasteiger partial charge in [-0.25, -0.2) is 28.2 Å². The Morgan fingerprint density at radius 3 is 2.17 bits per heavy atom. The number of anilines is 2. The summed E-state index contributed by atoms with van der Waals surface area (Å²) in [5.74, 6) is -0.0248. The summed E-state index contributed by atoms with van der Waals surface area (Å²) in [6, 6.07) is 18.1. The second-order valence-electron chi connectivity index (χ2n) is 11.1. The molecule has 5 rings (SSSR count). The fraction of sp³-hybridized carbons (Fsp3) is 0.212. The van der Waals surface area contributed by atoms with Gasteiger partial charge in [-0.3, -0.25) is 15.0 Å². The molecule has 14 nitrogen and oxygen atoms in total. The zero-order valence-electron chi connectivity index (χ0n) is 26.6. The standard InChI is InChI=1S/C33H33N7O7S/c1-33(2,3)22-10-12-24(13-11-22)48(42,43)40-28-27(47-26-9-6-5-8-25(26)44-4)31(39-30(38-28)29-35-16-7-17-36-29)45-20-21-46-32(41)37-23-14-18-34-19-15-23/h5-19H,20-21H2,1-4H3,(H,34,37,41)(H,38,39,40). The third-order valence-corrected chi connectivity index (χ3v) is 7.98. The number of benzene rings is 2. The molecule has 5 aromatic rings. The van der Waals surface area contributed by atoms with E-state index in [9.17, 15) is 13.2 Å². The molecule has 0 saturated carbocycles. The van der Waals surface area contributed by atoms with Crippen molar-refractivity contribution < 1.29 is 32.2 Å². The van der Waals surface area contributed by atoms with Crippen LogP contribution in [0.15, 0.2) is 96.4 Å². The highest BCUT2D eigenvalue weighted by Gasteiger charge is 2.26. The van der Waals surface area contributed by atoms with Gasteiger partial charge in [-0.15, -0.1) is 0 Å². The van der Waals surface area contributed by atoms with E-state index in [-0.39, 0.29) is 58.4 Å². The van der Waals surface area contributed by atoms with Gasteiger partial charge in [0.05, 0.1) is 12.0 Å². The molecule has 0 atom stereocenters. The molecule has 0 bridgehead atoms. The van der Waals surface area contributed by atoms with Crippen molar-refractivity contribution in [1.29, 1.82) is 0 Å². The Morgan fingerprint density at radius 1 is 0.812 bits per heavy atom. The van der Waals surface area contributed by atoms with Crippen LogP contribution in [0.1, 0.15) is 26.3 Å². The van der Waals surface area contributed by atoms with Crippen LogP contribution in [0.25, 0.3) is 11.6 Å². The van der Waals surface area contributed by atoms with Gasteiger partial charge in [0.25, 0.3) is 15.9 Å². The predicted molar refractivity (Wildman–Crippen MR) is 177 cm³/mol. The van der Waals surface area contributed by atoms with E-state index in [1.54, 1.807) is 54.6 Å². The third kappa shape index (κ3) is 8.50. The lowest BCUT2D eigenvalue weighted by Gasteiger charge is -2.20. The molecule has 0 aliphatic carbocycles. The molecule has 0 saturated heterocycles. The molecule has 0 aliphatic rings. The Balaban J connectivity index is 1.51. The van der Waals surface area contributed by atoms with Gasteiger partial charge in [0.1, 0.15) is 13.2 Å². The average Bonchev–Trinajstić information content (AvgIpc) is 3.08. The molecule has 248 valence electrons. The van der Waals surface area contributed by atoms with Crippen LogP contribution in [-0.4, -0.2) is 59.8 Å². The minimum absolute atomic E-state index is 0.00839. The smallest absolute Gasteiger partial charge is 0.411 e. The number of ether oxygens (including phenoxy) is 4. The molecule has 0 fully saturated rings. The van der Waals surface area contributed by atoms with E-state index < -0.39 is 16.1 Å². The Bertz CT molecular complexity index is 1960. The SMILES string of the molecule is COc1ccccc1Oc1c(NS(=O)(=O)c2ccc(C(C)(C)C)cc2)nc(-c2ncccn2)nc1OCCOC(=O)Nc1ccncc1. The van der Waals surface area contributed by atoms with Crippen LogP contribution >= 0.6 is 0 Å². The summed E-state index contributed by atoms with van der Waals surface area (Å²) in [6.07, 6.45) is 5.31. The Morgan fingerprint density at radius 2 is 1.50 bits per heavy atom. The normalized spacial score (nSPS) is 11.3. The maximum atomic E-state index is 13.7. The van der Waals surface area contributed by atoms with Crippen molar-refractivity contribution in [2.24, 2.45) is 0 Å². The number of para-hydroxylation sites is 2. The first-order chi connectivity index (χ1) is 23.0. The van der Waals surface area contributed by atoms with Crippen LogP contribution in [0.5, 0.6) is 23.1 Å². The number of pyridine rings is 1. The first-order valence-corrected chi connectivity index (χ1v) is 16.1. The van der Waals surface area contributed by atoms with Gasteiger partial charge in [0.2, 0.25) is 11.6 Å². The fourth-order valence-corrected chi connectivity index (χ4v) is 5.20. The molecule has 3 aromatic heterocycles. The first kappa shape index (κ1) is 33.5. The largest absolute Gasteiger partial charge is 0.493 e. The number of carbonyl (C=O) groups is 1. The molecule has 3 heterocycles. The minimum atomic E-state index is -4.22. The van der Waals surface area contributed by atoms with Gasteiger partial charge < -0.3 is 18.9 Å². The third-order valence-electron chi connectivity index (χ3n) is 6.63. The molecule has 0 radical (unpaired) electrons. The van der Waals surface area contributed by atoms with Gasteiger partial charge in [-0.05, 0) is 53.4 Å². The van der Waals surface area contributed by atoms with Crippen molar-refractivity contribution in [3.8, 4) is 34.8 Å². The van der Waals surface area contributed by atoms with Gasteiger partial charge in [0, 0.05) is 30.5 Å². The van der Waals surface area contributed by atoms with Gasteiger partial charge in [-0.1, -0.05) is 45.0 Å². The summed E-state index contributed by atoms with van der Waals surface area (Å²) in [6.45, 7) is 5.70. The predicted octanol–water partition coefficient (Wildman–Crippen LogP) is 5.86. The maximum absolute atomic E-state index is 13.7. The number of carbonyl (C=O) groups excluding carboxylic acids is 1. The van der Waals surface area contributed by atoms with E-state index in [2.05, 4.69) is 35.0 Å². The van der Waals surface area contributed by atoms with Crippen LogP contribution < -0.4 is 24.2 Å². The summed E-state index contributed by atoms with van der Waals surface area (Å²) in [4.78, 5) is 33.5. The van der Waals surface area contributed by atoms with Gasteiger partial charge >= 0.3 is 6.09 Å². The van der Waals surface area contributed by atoms with Crippen molar-refractivity contribution in [2.45, 2.75) is 31.1 Å². The van der Waals surface area contributed by atoms with Crippen LogP contribution in [0.2, 0.25) is 0 Å². The topological polar surface area (TPSA) is 177 Å². The Labute approximate surface area is 277 Å². The van der Waals surface area contributed by atoms with Crippen molar-refractivity contribution >= 4 is 27.6 Å². The van der Waals surface area contributed by atoms with Crippen LogP contribution in [0.3, 0.4) is 0 Å². The van der Waals surface area contributed by atoms with Crippen molar-refractivity contribution in [3.05, 3.63) is 97.1 Å². The Hall–Kier alpha value is -5.83. The molecule has 2 N–H and O–H groups in total. The molecule has 1 amide bonds. The van der Waals surface area contributed by atoms with Crippen molar-refractivity contribution in [1.82, 2.24) is 24.9 Å². The molecular weight excluding hydrogens is 638 g/mol. The zero-order valence-corrected chi connectivity index (χ0v) is 27.4. The lowest BCUT2D eigenvalue weighted by atomic mass is 9.87. The second-order valence-corrected chi connectivity index (χ2v) is 12.8. The van der Waals surface area contributed by atoms with E-state index >= 15 is 0 Å². The number of aromatic nitrogens is 5. The molecule has 0 unspecified atom stereocenters. The van der Waals surface area contributed by atoms with Crippen molar-refractivity contribution in [2.75, 3.05) is 30.4 Å². The number of methoxy groups -OCH3 is 1. The molecule has 0 aliphatic heterocycles. The van der Waals surface area contributed by atoms with Crippen LogP contribution in [-0.2, 0) is 20.2 Å². The molecule has 48 heavy (non-hydrogen) atoms. The summed E-state index contributed by atoms with van der Waals surface area (Å²) >= 11 is 0. The van der Waals surface area contributed by atoms with E-state index in [0.717, 1.165) is 5.56 Å². The van der Waals surface area contributed by atoms with Crippen LogP contribution in [0.4, 0.5) is 16.3 Å². The maximum Gasteiger partial charge on any atom is 0.411 e. The number of sulfonamides is 1. The lowest BCUT2D eigenvalue weighted by molar-refractivity contribution is 0.135. The molecular formula is C33H33N7O7S. The molecule has 15 heteroatoms. The second kappa shape index (κ2) is 14.7.